The van der Waals surface area contributed by atoms with E-state index >= 15 is 0 Å². The SMILES string of the molecule is O=C(Nc1ccc2c(c1)c(-c1ccc3[nH]ccc3c1)nn2Cc1ccccc1)c1c(Cl)cccc1Cl. The Labute approximate surface area is 217 Å². The van der Waals surface area contributed by atoms with Crippen molar-refractivity contribution in [3.05, 3.63) is 118 Å². The fourth-order valence-electron chi connectivity index (χ4n) is 4.46. The van der Waals surface area contributed by atoms with E-state index in [1.165, 1.54) is 0 Å². The van der Waals surface area contributed by atoms with Crippen LogP contribution >= 0.6 is 23.2 Å². The van der Waals surface area contributed by atoms with Crippen molar-refractivity contribution in [2.75, 3.05) is 5.32 Å². The Morgan fingerprint density at radius 3 is 2.50 bits per heavy atom. The molecule has 1 amide bonds. The highest BCUT2D eigenvalue weighted by Gasteiger charge is 2.18. The summed E-state index contributed by atoms with van der Waals surface area (Å²) < 4.78 is 2.00. The average molecular weight is 511 g/mol. The number of amides is 1. The van der Waals surface area contributed by atoms with Gasteiger partial charge in [0.1, 0.15) is 5.69 Å². The van der Waals surface area contributed by atoms with Gasteiger partial charge in [-0.25, -0.2) is 0 Å². The smallest absolute Gasteiger partial charge is 0.258 e. The minimum atomic E-state index is -0.364. The van der Waals surface area contributed by atoms with Gasteiger partial charge < -0.3 is 10.3 Å². The second-order valence-electron chi connectivity index (χ2n) is 8.55. The quantitative estimate of drug-likeness (QED) is 0.248. The van der Waals surface area contributed by atoms with E-state index in [4.69, 9.17) is 28.3 Å². The normalized spacial score (nSPS) is 11.3. The number of anilines is 1. The number of benzene rings is 4. The summed E-state index contributed by atoms with van der Waals surface area (Å²) in [5.74, 6) is -0.364. The van der Waals surface area contributed by atoms with Crippen molar-refractivity contribution < 1.29 is 4.79 Å². The van der Waals surface area contributed by atoms with Crippen molar-refractivity contribution >= 4 is 56.6 Å². The van der Waals surface area contributed by atoms with Gasteiger partial charge in [0.25, 0.3) is 5.91 Å². The van der Waals surface area contributed by atoms with Gasteiger partial charge in [0.2, 0.25) is 0 Å². The third-order valence-corrected chi connectivity index (χ3v) is 6.83. The molecule has 0 saturated carbocycles. The number of rotatable bonds is 5. The third-order valence-electron chi connectivity index (χ3n) is 6.20. The fraction of sp³-hybridized carbons (Fsp3) is 0.0345. The molecular formula is C29H20Cl2N4O. The van der Waals surface area contributed by atoms with E-state index in [1.54, 1.807) is 18.2 Å². The number of aromatic amines is 1. The van der Waals surface area contributed by atoms with Gasteiger partial charge in [0.05, 0.1) is 27.7 Å². The molecule has 4 aromatic carbocycles. The second-order valence-corrected chi connectivity index (χ2v) is 9.37. The highest BCUT2D eigenvalue weighted by molar-refractivity contribution is 6.40. The Balaban J connectivity index is 1.45. The molecule has 0 bridgehead atoms. The maximum absolute atomic E-state index is 13.0. The van der Waals surface area contributed by atoms with Crippen LogP contribution in [0.5, 0.6) is 0 Å². The van der Waals surface area contributed by atoms with Crippen LogP contribution in [0.4, 0.5) is 5.69 Å². The number of fused-ring (bicyclic) bond motifs is 2. The summed E-state index contributed by atoms with van der Waals surface area (Å²) in [6.07, 6.45) is 1.92. The number of H-pyrrole nitrogens is 1. The van der Waals surface area contributed by atoms with Crippen LogP contribution in [0, 0.1) is 0 Å². The Hall–Kier alpha value is -4.06. The molecule has 6 aromatic rings. The number of carbonyl (C=O) groups is 1. The molecule has 0 fully saturated rings. The molecule has 7 heteroatoms. The Kier molecular flexibility index (Phi) is 5.72. The molecule has 0 atom stereocenters. The van der Waals surface area contributed by atoms with Gasteiger partial charge in [-0.2, -0.15) is 5.10 Å². The van der Waals surface area contributed by atoms with Gasteiger partial charge >= 0.3 is 0 Å². The lowest BCUT2D eigenvalue weighted by Crippen LogP contribution is -2.13. The lowest BCUT2D eigenvalue weighted by atomic mass is 10.1. The molecule has 0 spiro atoms. The van der Waals surface area contributed by atoms with Gasteiger partial charge in [-0.3, -0.25) is 9.48 Å². The fourth-order valence-corrected chi connectivity index (χ4v) is 5.03. The predicted molar refractivity (Wildman–Crippen MR) is 147 cm³/mol. The predicted octanol–water partition coefficient (Wildman–Crippen LogP) is 7.79. The van der Waals surface area contributed by atoms with E-state index in [-0.39, 0.29) is 11.5 Å². The number of nitrogens with one attached hydrogen (secondary N) is 2. The van der Waals surface area contributed by atoms with E-state index in [1.807, 2.05) is 53.3 Å². The first-order valence-electron chi connectivity index (χ1n) is 11.4. The molecule has 0 aliphatic rings. The molecule has 5 nitrogen and oxygen atoms in total. The summed E-state index contributed by atoms with van der Waals surface area (Å²) >= 11 is 12.5. The van der Waals surface area contributed by atoms with E-state index in [0.717, 1.165) is 38.6 Å². The highest BCUT2D eigenvalue weighted by atomic mass is 35.5. The molecule has 0 unspecified atom stereocenters. The molecule has 2 aromatic heterocycles. The minimum absolute atomic E-state index is 0.249. The zero-order valence-electron chi connectivity index (χ0n) is 19.0. The van der Waals surface area contributed by atoms with Crippen molar-refractivity contribution in [1.82, 2.24) is 14.8 Å². The molecule has 36 heavy (non-hydrogen) atoms. The summed E-state index contributed by atoms with van der Waals surface area (Å²) in [4.78, 5) is 16.2. The van der Waals surface area contributed by atoms with Crippen LogP contribution in [0.25, 0.3) is 33.1 Å². The number of halogens is 2. The summed E-state index contributed by atoms with van der Waals surface area (Å²) in [7, 11) is 0. The zero-order chi connectivity index (χ0) is 24.6. The highest BCUT2D eigenvalue weighted by Crippen LogP contribution is 2.33. The van der Waals surface area contributed by atoms with Crippen molar-refractivity contribution in [2.45, 2.75) is 6.54 Å². The summed E-state index contributed by atoms with van der Waals surface area (Å²) in [6, 6.07) is 29.3. The molecule has 0 saturated heterocycles. The van der Waals surface area contributed by atoms with Crippen molar-refractivity contribution in [3.63, 3.8) is 0 Å². The molecule has 2 heterocycles. The van der Waals surface area contributed by atoms with Crippen LogP contribution in [0.1, 0.15) is 15.9 Å². The molecule has 0 radical (unpaired) electrons. The lowest BCUT2D eigenvalue weighted by molar-refractivity contribution is 0.102. The van der Waals surface area contributed by atoms with Crippen LogP contribution in [-0.2, 0) is 6.54 Å². The standard InChI is InChI=1S/C29H20Cl2N4O/c30-23-7-4-8-24(31)27(23)29(36)33-21-10-12-26-22(16-21)28(20-9-11-25-19(15-20)13-14-32-25)34-35(26)17-18-5-2-1-3-6-18/h1-16,32H,17H2,(H,33,36). The first-order valence-corrected chi connectivity index (χ1v) is 12.2. The first-order chi connectivity index (χ1) is 17.6. The molecule has 0 aliphatic carbocycles. The van der Waals surface area contributed by atoms with Crippen LogP contribution in [-0.4, -0.2) is 20.7 Å². The lowest BCUT2D eigenvalue weighted by Gasteiger charge is -2.09. The molecule has 6 rings (SSSR count). The number of hydrogen-bond acceptors (Lipinski definition) is 2. The van der Waals surface area contributed by atoms with Crippen LogP contribution < -0.4 is 5.32 Å². The van der Waals surface area contributed by atoms with Gasteiger partial charge in [-0.05, 0) is 54.1 Å². The summed E-state index contributed by atoms with van der Waals surface area (Å²) in [5, 5.41) is 10.6. The van der Waals surface area contributed by atoms with Crippen molar-refractivity contribution in [1.29, 1.82) is 0 Å². The van der Waals surface area contributed by atoms with E-state index in [0.29, 0.717) is 22.3 Å². The van der Waals surface area contributed by atoms with Gasteiger partial charge in [0, 0.05) is 33.7 Å². The third kappa shape index (κ3) is 4.13. The minimum Gasteiger partial charge on any atom is -0.361 e. The van der Waals surface area contributed by atoms with E-state index < -0.39 is 0 Å². The number of nitrogens with zero attached hydrogens (tertiary/aromatic N) is 2. The topological polar surface area (TPSA) is 62.7 Å². The van der Waals surface area contributed by atoms with Crippen LogP contribution in [0.2, 0.25) is 10.0 Å². The number of hydrogen-bond donors (Lipinski definition) is 2. The molecule has 0 aliphatic heterocycles. The van der Waals surface area contributed by atoms with Gasteiger partial charge in [-0.15, -0.1) is 0 Å². The largest absolute Gasteiger partial charge is 0.361 e. The van der Waals surface area contributed by atoms with Gasteiger partial charge in [0.15, 0.2) is 0 Å². The molecule has 176 valence electrons. The zero-order valence-corrected chi connectivity index (χ0v) is 20.5. The van der Waals surface area contributed by atoms with Crippen molar-refractivity contribution in [2.24, 2.45) is 0 Å². The number of aromatic nitrogens is 3. The number of carbonyl (C=O) groups excluding carboxylic acids is 1. The maximum Gasteiger partial charge on any atom is 0.258 e. The first kappa shape index (κ1) is 22.4. The summed E-state index contributed by atoms with van der Waals surface area (Å²) in [6.45, 7) is 0.630. The van der Waals surface area contributed by atoms with Crippen LogP contribution in [0.3, 0.4) is 0 Å². The van der Waals surface area contributed by atoms with Crippen LogP contribution in [0.15, 0.2) is 97.2 Å². The Morgan fingerprint density at radius 2 is 1.69 bits per heavy atom. The van der Waals surface area contributed by atoms with Crippen molar-refractivity contribution in [3.8, 4) is 11.3 Å². The molecule has 2 N–H and O–H groups in total. The Morgan fingerprint density at radius 1 is 0.889 bits per heavy atom. The van der Waals surface area contributed by atoms with E-state index in [9.17, 15) is 4.79 Å². The monoisotopic (exact) mass is 510 g/mol. The molecular weight excluding hydrogens is 491 g/mol. The Bertz CT molecular complexity index is 1720. The van der Waals surface area contributed by atoms with E-state index in [2.05, 4.69) is 40.6 Å². The van der Waals surface area contributed by atoms with Gasteiger partial charge in [-0.1, -0.05) is 65.7 Å². The average Bonchev–Trinajstić information content (AvgIpc) is 3.48. The second kappa shape index (κ2) is 9.19. The summed E-state index contributed by atoms with van der Waals surface area (Å²) in [5.41, 5.74) is 5.91. The maximum atomic E-state index is 13.0.